The Hall–Kier alpha value is -1.93. The molecule has 0 amide bonds. The molecule has 3 rings (SSSR count). The van der Waals surface area contributed by atoms with Gasteiger partial charge in [0.1, 0.15) is 5.82 Å². The van der Waals surface area contributed by atoms with Crippen molar-refractivity contribution in [3.63, 3.8) is 0 Å². The van der Waals surface area contributed by atoms with Gasteiger partial charge in [0.25, 0.3) is 5.69 Å². The van der Waals surface area contributed by atoms with E-state index in [4.69, 9.17) is 0 Å². The molecular weight excluding hydrogens is 304 g/mol. The van der Waals surface area contributed by atoms with Crippen LogP contribution in [-0.2, 0) is 0 Å². The van der Waals surface area contributed by atoms with E-state index in [1.54, 1.807) is 12.1 Å². The zero-order valence-corrected chi connectivity index (χ0v) is 12.9. The van der Waals surface area contributed by atoms with Crippen LogP contribution in [0.5, 0.6) is 0 Å². The van der Waals surface area contributed by atoms with Crippen molar-refractivity contribution in [2.45, 2.75) is 37.1 Å². The van der Waals surface area contributed by atoms with Crippen LogP contribution < -0.4 is 0 Å². The fourth-order valence-corrected chi connectivity index (χ4v) is 3.29. The number of nitrogens with zero attached hydrogens (tertiary/aromatic N) is 4. The summed E-state index contributed by atoms with van der Waals surface area (Å²) in [4.78, 5) is 10.2. The third-order valence-electron chi connectivity index (χ3n) is 3.61. The first-order valence-electron chi connectivity index (χ1n) is 7.03. The fraction of sp³-hybridized carbons (Fsp3) is 0.429. The molecule has 0 radical (unpaired) electrons. The SMILES string of the molecule is Cc1nnc(SCC(O)c2ccc([N+](=O)[O-])cc2)n1C1CC1. The van der Waals surface area contributed by atoms with Crippen LogP contribution in [0.1, 0.15) is 36.4 Å². The number of thioether (sulfide) groups is 1. The van der Waals surface area contributed by atoms with Crippen molar-refractivity contribution in [1.29, 1.82) is 0 Å². The molecule has 1 aromatic heterocycles. The number of nitro benzene ring substituents is 1. The first kappa shape index (κ1) is 15.0. The number of benzene rings is 1. The second-order valence-corrected chi connectivity index (χ2v) is 6.29. The first-order chi connectivity index (χ1) is 10.6. The molecule has 8 heteroatoms. The van der Waals surface area contributed by atoms with Gasteiger partial charge in [-0.2, -0.15) is 0 Å². The highest BCUT2D eigenvalue weighted by molar-refractivity contribution is 7.99. The number of hydrogen-bond acceptors (Lipinski definition) is 6. The van der Waals surface area contributed by atoms with Gasteiger partial charge in [0.15, 0.2) is 5.16 Å². The average molecular weight is 320 g/mol. The van der Waals surface area contributed by atoms with Gasteiger partial charge < -0.3 is 9.67 Å². The van der Waals surface area contributed by atoms with E-state index in [2.05, 4.69) is 14.8 Å². The van der Waals surface area contributed by atoms with E-state index in [0.29, 0.717) is 17.4 Å². The molecular formula is C14H16N4O3S. The van der Waals surface area contributed by atoms with E-state index < -0.39 is 11.0 Å². The molecule has 1 aliphatic rings. The van der Waals surface area contributed by atoms with Crippen molar-refractivity contribution in [3.8, 4) is 0 Å². The molecule has 1 fully saturated rings. The molecule has 22 heavy (non-hydrogen) atoms. The number of hydrogen-bond donors (Lipinski definition) is 1. The second kappa shape index (κ2) is 6.05. The van der Waals surface area contributed by atoms with E-state index in [9.17, 15) is 15.2 Å². The summed E-state index contributed by atoms with van der Waals surface area (Å²) in [5.41, 5.74) is 0.681. The lowest BCUT2D eigenvalue weighted by Crippen LogP contribution is -2.04. The van der Waals surface area contributed by atoms with Gasteiger partial charge in [-0.3, -0.25) is 10.1 Å². The number of aryl methyl sites for hydroxylation is 1. The zero-order chi connectivity index (χ0) is 15.7. The quantitative estimate of drug-likeness (QED) is 0.499. The smallest absolute Gasteiger partial charge is 0.269 e. The van der Waals surface area contributed by atoms with Gasteiger partial charge in [0.2, 0.25) is 0 Å². The van der Waals surface area contributed by atoms with Crippen molar-refractivity contribution in [1.82, 2.24) is 14.8 Å². The lowest BCUT2D eigenvalue weighted by Gasteiger charge is -2.11. The molecule has 1 unspecified atom stereocenters. The van der Waals surface area contributed by atoms with Crippen molar-refractivity contribution in [2.24, 2.45) is 0 Å². The second-order valence-electron chi connectivity index (χ2n) is 5.31. The Bertz CT molecular complexity index is 682. The molecule has 0 aliphatic heterocycles. The summed E-state index contributed by atoms with van der Waals surface area (Å²) in [6.07, 6.45) is 1.60. The fourth-order valence-electron chi connectivity index (χ4n) is 2.27. The van der Waals surface area contributed by atoms with Crippen LogP contribution in [0.15, 0.2) is 29.4 Å². The Labute approximate surface area is 131 Å². The molecule has 1 saturated carbocycles. The minimum Gasteiger partial charge on any atom is -0.388 e. The molecule has 116 valence electrons. The number of aliphatic hydroxyl groups is 1. The molecule has 1 atom stereocenters. The average Bonchev–Trinajstić information content (AvgIpc) is 3.28. The lowest BCUT2D eigenvalue weighted by atomic mass is 10.1. The Morgan fingerprint density at radius 1 is 1.41 bits per heavy atom. The summed E-state index contributed by atoms with van der Waals surface area (Å²) in [7, 11) is 0. The molecule has 0 spiro atoms. The molecule has 1 aliphatic carbocycles. The number of aliphatic hydroxyl groups excluding tert-OH is 1. The summed E-state index contributed by atoms with van der Waals surface area (Å²) >= 11 is 1.46. The van der Waals surface area contributed by atoms with Crippen LogP contribution in [0, 0.1) is 17.0 Å². The number of rotatable bonds is 6. The summed E-state index contributed by atoms with van der Waals surface area (Å²) < 4.78 is 2.12. The Kier molecular flexibility index (Phi) is 4.12. The van der Waals surface area contributed by atoms with Gasteiger partial charge in [-0.05, 0) is 37.5 Å². The van der Waals surface area contributed by atoms with Crippen molar-refractivity contribution < 1.29 is 10.0 Å². The first-order valence-corrected chi connectivity index (χ1v) is 8.01. The monoisotopic (exact) mass is 320 g/mol. The van der Waals surface area contributed by atoms with E-state index >= 15 is 0 Å². The Morgan fingerprint density at radius 3 is 2.68 bits per heavy atom. The molecule has 7 nitrogen and oxygen atoms in total. The van der Waals surface area contributed by atoms with Gasteiger partial charge >= 0.3 is 0 Å². The third-order valence-corrected chi connectivity index (χ3v) is 4.62. The zero-order valence-electron chi connectivity index (χ0n) is 12.0. The van der Waals surface area contributed by atoms with Crippen LogP contribution in [0.3, 0.4) is 0 Å². The molecule has 0 saturated heterocycles. The number of nitro groups is 1. The predicted octanol–water partition coefficient (Wildman–Crippen LogP) is 2.66. The van der Waals surface area contributed by atoms with Crippen LogP contribution in [0.4, 0.5) is 5.69 Å². The number of non-ortho nitro benzene ring substituents is 1. The van der Waals surface area contributed by atoms with Crippen LogP contribution in [0.2, 0.25) is 0 Å². The molecule has 1 heterocycles. The topological polar surface area (TPSA) is 94.1 Å². The van der Waals surface area contributed by atoms with Gasteiger partial charge in [0.05, 0.1) is 11.0 Å². The highest BCUT2D eigenvalue weighted by atomic mass is 32.2. The van der Waals surface area contributed by atoms with Crippen LogP contribution in [0.25, 0.3) is 0 Å². The highest BCUT2D eigenvalue weighted by Crippen LogP contribution is 2.39. The summed E-state index contributed by atoms with van der Waals surface area (Å²) in [5, 5.41) is 29.9. The maximum atomic E-state index is 10.6. The van der Waals surface area contributed by atoms with Crippen molar-refractivity contribution in [2.75, 3.05) is 5.75 Å². The van der Waals surface area contributed by atoms with Gasteiger partial charge in [0, 0.05) is 23.9 Å². The maximum Gasteiger partial charge on any atom is 0.269 e. The van der Waals surface area contributed by atoms with Crippen LogP contribution >= 0.6 is 11.8 Å². The summed E-state index contributed by atoms with van der Waals surface area (Å²) in [5.74, 6) is 1.33. The highest BCUT2D eigenvalue weighted by Gasteiger charge is 2.28. The van der Waals surface area contributed by atoms with E-state index in [1.165, 1.54) is 23.9 Å². The van der Waals surface area contributed by atoms with E-state index in [1.807, 2.05) is 6.92 Å². The standard InChI is InChI=1S/C14H16N4O3S/c1-9-15-16-14(17(9)11-6-7-11)22-8-13(19)10-2-4-12(5-3-10)18(20)21/h2-5,11,13,19H,6-8H2,1H3. The summed E-state index contributed by atoms with van der Waals surface area (Å²) in [6.45, 7) is 1.93. The lowest BCUT2D eigenvalue weighted by molar-refractivity contribution is -0.384. The molecule has 1 aromatic carbocycles. The largest absolute Gasteiger partial charge is 0.388 e. The van der Waals surface area contributed by atoms with Crippen molar-refractivity contribution in [3.05, 3.63) is 45.8 Å². The van der Waals surface area contributed by atoms with Gasteiger partial charge in [-0.1, -0.05) is 11.8 Å². The maximum absolute atomic E-state index is 10.6. The molecule has 0 bridgehead atoms. The van der Waals surface area contributed by atoms with E-state index in [0.717, 1.165) is 23.8 Å². The van der Waals surface area contributed by atoms with Gasteiger partial charge in [-0.25, -0.2) is 0 Å². The van der Waals surface area contributed by atoms with Gasteiger partial charge in [-0.15, -0.1) is 10.2 Å². The van der Waals surface area contributed by atoms with E-state index in [-0.39, 0.29) is 5.69 Å². The minimum atomic E-state index is -0.699. The normalized spacial score (nSPS) is 15.7. The Balaban J connectivity index is 1.64. The number of aromatic nitrogens is 3. The predicted molar refractivity (Wildman–Crippen MR) is 81.8 cm³/mol. The summed E-state index contributed by atoms with van der Waals surface area (Å²) in [6, 6.07) is 6.47. The molecule has 1 N–H and O–H groups in total. The third kappa shape index (κ3) is 3.12. The van der Waals surface area contributed by atoms with Crippen LogP contribution in [-0.4, -0.2) is 30.5 Å². The van der Waals surface area contributed by atoms with Crippen molar-refractivity contribution >= 4 is 17.4 Å². The molecule has 2 aromatic rings. The minimum absolute atomic E-state index is 0.0210. The Morgan fingerprint density at radius 2 is 2.09 bits per heavy atom.